The van der Waals surface area contributed by atoms with E-state index >= 15 is 0 Å². The zero-order chi connectivity index (χ0) is 18.2. The Kier molecular flexibility index (Phi) is 5.84. The van der Waals surface area contributed by atoms with E-state index in [0.717, 1.165) is 17.7 Å². The number of hydrogen-bond acceptors (Lipinski definition) is 2. The first-order chi connectivity index (χ1) is 12.7. The Morgan fingerprint density at radius 2 is 1.58 bits per heavy atom. The first-order valence-electron chi connectivity index (χ1n) is 8.49. The molecular weight excluding hydrogens is 324 g/mol. The van der Waals surface area contributed by atoms with Gasteiger partial charge in [0.05, 0.1) is 12.2 Å². The lowest BCUT2D eigenvalue weighted by Crippen LogP contribution is -2.01. The Morgan fingerprint density at radius 3 is 2.27 bits per heavy atom. The summed E-state index contributed by atoms with van der Waals surface area (Å²) < 4.78 is 5.82. The zero-order valence-electron chi connectivity index (χ0n) is 14.3. The minimum Gasteiger partial charge on any atom is -0.493 e. The zero-order valence-corrected chi connectivity index (χ0v) is 14.3. The van der Waals surface area contributed by atoms with Gasteiger partial charge in [-0.15, -0.1) is 0 Å². The van der Waals surface area contributed by atoms with Crippen molar-refractivity contribution in [1.29, 1.82) is 0 Å². The fourth-order valence-electron chi connectivity index (χ4n) is 2.68. The van der Waals surface area contributed by atoms with Crippen LogP contribution in [0, 0.1) is 0 Å². The van der Waals surface area contributed by atoms with Crippen molar-refractivity contribution in [2.24, 2.45) is 0 Å². The number of carboxylic acids is 1. The van der Waals surface area contributed by atoms with Gasteiger partial charge in [0.25, 0.3) is 0 Å². The van der Waals surface area contributed by atoms with Crippen LogP contribution in [-0.4, -0.2) is 17.7 Å². The van der Waals surface area contributed by atoms with Gasteiger partial charge in [-0.1, -0.05) is 72.8 Å². The molecule has 130 valence electrons. The van der Waals surface area contributed by atoms with Crippen LogP contribution in [0.4, 0.5) is 0 Å². The van der Waals surface area contributed by atoms with E-state index < -0.39 is 5.97 Å². The van der Waals surface area contributed by atoms with Crippen LogP contribution < -0.4 is 4.74 Å². The van der Waals surface area contributed by atoms with E-state index in [1.165, 1.54) is 5.56 Å². The average molecular weight is 344 g/mol. The highest BCUT2D eigenvalue weighted by Crippen LogP contribution is 2.21. The molecule has 0 aromatic heterocycles. The van der Waals surface area contributed by atoms with Crippen LogP contribution in [0.25, 0.3) is 11.6 Å². The van der Waals surface area contributed by atoms with Crippen LogP contribution in [0.2, 0.25) is 0 Å². The molecule has 0 aliphatic carbocycles. The predicted octanol–water partition coefficient (Wildman–Crippen LogP) is 4.93. The number of carbonyl (C=O) groups is 1. The van der Waals surface area contributed by atoms with E-state index in [2.05, 4.69) is 12.1 Å². The van der Waals surface area contributed by atoms with Gasteiger partial charge in [0.15, 0.2) is 0 Å². The van der Waals surface area contributed by atoms with E-state index in [4.69, 9.17) is 4.74 Å². The van der Waals surface area contributed by atoms with Crippen LogP contribution in [0.15, 0.2) is 84.9 Å². The molecule has 0 aliphatic heterocycles. The van der Waals surface area contributed by atoms with Crippen molar-refractivity contribution in [2.75, 3.05) is 6.61 Å². The van der Waals surface area contributed by atoms with Crippen LogP contribution in [0.3, 0.4) is 0 Å². The minimum atomic E-state index is -0.952. The highest BCUT2D eigenvalue weighted by molar-refractivity contribution is 6.20. The molecule has 1 N–H and O–H groups in total. The van der Waals surface area contributed by atoms with Gasteiger partial charge >= 0.3 is 5.97 Å². The highest BCUT2D eigenvalue weighted by atomic mass is 16.5. The monoisotopic (exact) mass is 344 g/mol. The predicted molar refractivity (Wildman–Crippen MR) is 104 cm³/mol. The second-order valence-electron chi connectivity index (χ2n) is 5.89. The molecule has 0 spiro atoms. The van der Waals surface area contributed by atoms with Crippen molar-refractivity contribution in [1.82, 2.24) is 0 Å². The number of aliphatic carboxylic acids is 1. The molecule has 0 saturated heterocycles. The van der Waals surface area contributed by atoms with Gasteiger partial charge in [-0.2, -0.15) is 0 Å². The summed E-state index contributed by atoms with van der Waals surface area (Å²) in [7, 11) is 0. The van der Waals surface area contributed by atoms with Crippen molar-refractivity contribution in [3.05, 3.63) is 102 Å². The molecule has 0 aliphatic rings. The summed E-state index contributed by atoms with van der Waals surface area (Å²) in [4.78, 5) is 11.6. The summed E-state index contributed by atoms with van der Waals surface area (Å²) >= 11 is 0. The highest BCUT2D eigenvalue weighted by Gasteiger charge is 2.10. The molecule has 0 amide bonds. The molecule has 3 aromatic rings. The Bertz CT molecular complexity index is 884. The van der Waals surface area contributed by atoms with Crippen LogP contribution in [0.1, 0.15) is 16.7 Å². The summed E-state index contributed by atoms with van der Waals surface area (Å²) in [5.74, 6) is -0.223. The second kappa shape index (κ2) is 8.67. The van der Waals surface area contributed by atoms with E-state index in [1.807, 2.05) is 60.7 Å². The summed E-state index contributed by atoms with van der Waals surface area (Å²) in [5.41, 5.74) is 2.95. The van der Waals surface area contributed by atoms with Gasteiger partial charge in [-0.25, -0.2) is 4.79 Å². The standard InChI is InChI=1S/C23H20O3/c24-23(25)22(20-11-5-2-6-12-20)17-19-10-7-13-21(16-19)26-15-14-18-8-3-1-4-9-18/h1-13,16-17H,14-15H2,(H,24,25)/b22-17-. The van der Waals surface area contributed by atoms with Gasteiger partial charge in [0.1, 0.15) is 5.75 Å². The largest absolute Gasteiger partial charge is 0.493 e. The average Bonchev–Trinajstić information content (AvgIpc) is 2.68. The second-order valence-corrected chi connectivity index (χ2v) is 5.89. The number of hydrogen-bond donors (Lipinski definition) is 1. The molecule has 0 bridgehead atoms. The summed E-state index contributed by atoms with van der Waals surface area (Å²) in [6.07, 6.45) is 2.49. The SMILES string of the molecule is O=C(O)/C(=C\c1cccc(OCCc2ccccc2)c1)c1ccccc1. The minimum absolute atomic E-state index is 0.257. The first kappa shape index (κ1) is 17.5. The van der Waals surface area contributed by atoms with Gasteiger partial charge in [0, 0.05) is 6.42 Å². The third-order valence-corrected chi connectivity index (χ3v) is 3.99. The van der Waals surface area contributed by atoms with Crippen molar-refractivity contribution >= 4 is 17.6 Å². The van der Waals surface area contributed by atoms with Crippen molar-refractivity contribution in [2.45, 2.75) is 6.42 Å². The lowest BCUT2D eigenvalue weighted by atomic mass is 10.0. The quantitative estimate of drug-likeness (QED) is 0.488. The molecule has 3 rings (SSSR count). The fourth-order valence-corrected chi connectivity index (χ4v) is 2.68. The van der Waals surface area contributed by atoms with Gasteiger partial charge < -0.3 is 9.84 Å². The van der Waals surface area contributed by atoms with E-state index in [0.29, 0.717) is 12.2 Å². The van der Waals surface area contributed by atoms with E-state index in [9.17, 15) is 9.90 Å². The molecule has 26 heavy (non-hydrogen) atoms. The molecule has 0 unspecified atom stereocenters. The van der Waals surface area contributed by atoms with E-state index in [-0.39, 0.29) is 5.57 Å². The van der Waals surface area contributed by atoms with Crippen molar-refractivity contribution < 1.29 is 14.6 Å². The molecule has 0 heterocycles. The molecule has 3 heteroatoms. The maximum atomic E-state index is 11.6. The molecule has 0 atom stereocenters. The van der Waals surface area contributed by atoms with Gasteiger partial charge in [0.2, 0.25) is 0 Å². The molecule has 3 nitrogen and oxygen atoms in total. The van der Waals surface area contributed by atoms with Crippen LogP contribution in [-0.2, 0) is 11.2 Å². The molecular formula is C23H20O3. The Labute approximate surface area is 153 Å². The Hall–Kier alpha value is -3.33. The number of ether oxygens (including phenoxy) is 1. The number of rotatable bonds is 7. The maximum Gasteiger partial charge on any atom is 0.336 e. The maximum absolute atomic E-state index is 11.6. The Morgan fingerprint density at radius 1 is 0.885 bits per heavy atom. The summed E-state index contributed by atoms with van der Waals surface area (Å²) in [6, 6.07) is 26.7. The molecule has 0 saturated carbocycles. The summed E-state index contributed by atoms with van der Waals surface area (Å²) in [5, 5.41) is 9.53. The molecule has 3 aromatic carbocycles. The topological polar surface area (TPSA) is 46.5 Å². The summed E-state index contributed by atoms with van der Waals surface area (Å²) in [6.45, 7) is 0.571. The normalized spacial score (nSPS) is 11.2. The lowest BCUT2D eigenvalue weighted by Gasteiger charge is -2.08. The smallest absolute Gasteiger partial charge is 0.336 e. The van der Waals surface area contributed by atoms with Gasteiger partial charge in [-0.3, -0.25) is 0 Å². The third-order valence-electron chi connectivity index (χ3n) is 3.99. The van der Waals surface area contributed by atoms with Crippen molar-refractivity contribution in [3.8, 4) is 5.75 Å². The molecule has 0 radical (unpaired) electrons. The lowest BCUT2D eigenvalue weighted by molar-refractivity contribution is -0.130. The fraction of sp³-hybridized carbons (Fsp3) is 0.0870. The van der Waals surface area contributed by atoms with E-state index in [1.54, 1.807) is 18.2 Å². The van der Waals surface area contributed by atoms with Gasteiger partial charge in [-0.05, 0) is 34.9 Å². The van der Waals surface area contributed by atoms with Crippen LogP contribution >= 0.6 is 0 Å². The number of benzene rings is 3. The first-order valence-corrected chi connectivity index (χ1v) is 8.49. The third kappa shape index (κ3) is 4.84. The Balaban J connectivity index is 1.72. The van der Waals surface area contributed by atoms with Crippen molar-refractivity contribution in [3.63, 3.8) is 0 Å². The van der Waals surface area contributed by atoms with Crippen LogP contribution in [0.5, 0.6) is 5.75 Å². The number of carboxylic acid groups (broad SMARTS) is 1. The molecule has 0 fully saturated rings.